The maximum absolute atomic E-state index is 11.8. The Morgan fingerprint density at radius 1 is 1.39 bits per heavy atom. The first kappa shape index (κ1) is 15.4. The summed E-state index contributed by atoms with van der Waals surface area (Å²) in [5.74, 6) is 2.92. The summed E-state index contributed by atoms with van der Waals surface area (Å²) in [5.41, 5.74) is 0. The molecule has 0 unspecified atom stereocenters. The second-order valence-corrected chi connectivity index (χ2v) is 5.57. The van der Waals surface area contributed by atoms with E-state index in [2.05, 4.69) is 14.9 Å². The van der Waals surface area contributed by atoms with E-state index < -0.39 is 0 Å². The molecule has 1 heterocycles. The fourth-order valence-corrected chi connectivity index (χ4v) is 2.42. The predicted octanol–water partition coefficient (Wildman–Crippen LogP) is 1.96. The fourth-order valence-electron chi connectivity index (χ4n) is 2.42. The Morgan fingerprint density at radius 2 is 2.22 bits per heavy atom. The van der Waals surface area contributed by atoms with Gasteiger partial charge in [0.15, 0.2) is 6.61 Å². The van der Waals surface area contributed by atoms with Crippen molar-refractivity contribution in [3.05, 3.63) is 42.5 Å². The van der Waals surface area contributed by atoms with Crippen molar-refractivity contribution in [3.8, 4) is 11.5 Å². The van der Waals surface area contributed by atoms with Crippen LogP contribution >= 0.6 is 0 Å². The second kappa shape index (κ2) is 7.17. The SMILES string of the molecule is COc1cccc(OCC(=O)NCCn2ccnc2C2CC2)c1. The first-order valence-electron chi connectivity index (χ1n) is 7.81. The number of hydrogen-bond donors (Lipinski definition) is 1. The zero-order valence-corrected chi connectivity index (χ0v) is 13.2. The molecule has 1 amide bonds. The lowest BCUT2D eigenvalue weighted by Crippen LogP contribution is -2.31. The number of ether oxygens (including phenoxy) is 2. The highest BCUT2D eigenvalue weighted by Gasteiger charge is 2.27. The fraction of sp³-hybridized carbons (Fsp3) is 0.412. The minimum atomic E-state index is -0.138. The highest BCUT2D eigenvalue weighted by molar-refractivity contribution is 5.77. The van der Waals surface area contributed by atoms with Gasteiger partial charge in [0.1, 0.15) is 17.3 Å². The van der Waals surface area contributed by atoms with Gasteiger partial charge < -0.3 is 19.4 Å². The zero-order valence-electron chi connectivity index (χ0n) is 13.2. The largest absolute Gasteiger partial charge is 0.497 e. The van der Waals surface area contributed by atoms with Crippen LogP contribution in [0.3, 0.4) is 0 Å². The molecule has 1 aromatic carbocycles. The topological polar surface area (TPSA) is 65.4 Å². The van der Waals surface area contributed by atoms with Gasteiger partial charge in [-0.3, -0.25) is 4.79 Å². The van der Waals surface area contributed by atoms with Crippen molar-refractivity contribution < 1.29 is 14.3 Å². The van der Waals surface area contributed by atoms with E-state index in [-0.39, 0.29) is 12.5 Å². The molecule has 122 valence electrons. The number of hydrogen-bond acceptors (Lipinski definition) is 4. The van der Waals surface area contributed by atoms with Gasteiger partial charge in [-0.1, -0.05) is 6.07 Å². The Kier molecular flexibility index (Phi) is 4.80. The van der Waals surface area contributed by atoms with Gasteiger partial charge in [0.05, 0.1) is 7.11 Å². The Labute approximate surface area is 135 Å². The summed E-state index contributed by atoms with van der Waals surface area (Å²) in [5, 5.41) is 2.86. The maximum Gasteiger partial charge on any atom is 0.258 e. The number of carbonyl (C=O) groups is 1. The van der Waals surface area contributed by atoms with Crippen molar-refractivity contribution in [2.24, 2.45) is 0 Å². The molecule has 2 aromatic rings. The van der Waals surface area contributed by atoms with Gasteiger partial charge >= 0.3 is 0 Å². The monoisotopic (exact) mass is 315 g/mol. The molecule has 6 nitrogen and oxygen atoms in total. The number of imidazole rings is 1. The van der Waals surface area contributed by atoms with E-state index in [0.717, 1.165) is 12.4 Å². The number of methoxy groups -OCH3 is 1. The van der Waals surface area contributed by atoms with E-state index in [4.69, 9.17) is 9.47 Å². The summed E-state index contributed by atoms with van der Waals surface area (Å²) < 4.78 is 12.7. The Morgan fingerprint density at radius 3 is 3.00 bits per heavy atom. The highest BCUT2D eigenvalue weighted by atomic mass is 16.5. The summed E-state index contributed by atoms with van der Waals surface area (Å²) in [6.45, 7) is 1.29. The van der Waals surface area contributed by atoms with Crippen LogP contribution in [0.1, 0.15) is 24.6 Å². The second-order valence-electron chi connectivity index (χ2n) is 5.57. The summed E-state index contributed by atoms with van der Waals surface area (Å²) in [6.07, 6.45) is 6.23. The number of aromatic nitrogens is 2. The maximum atomic E-state index is 11.8. The quantitative estimate of drug-likeness (QED) is 0.809. The molecule has 1 aliphatic rings. The number of amides is 1. The Balaban J connectivity index is 1.40. The van der Waals surface area contributed by atoms with Crippen LogP contribution in [0.4, 0.5) is 0 Å². The molecule has 1 fully saturated rings. The molecule has 0 atom stereocenters. The molecule has 0 aliphatic heterocycles. The van der Waals surface area contributed by atoms with E-state index in [1.54, 1.807) is 19.2 Å². The predicted molar refractivity (Wildman–Crippen MR) is 85.7 cm³/mol. The average molecular weight is 315 g/mol. The van der Waals surface area contributed by atoms with Crippen LogP contribution in [-0.4, -0.2) is 35.7 Å². The van der Waals surface area contributed by atoms with Crippen LogP contribution in [-0.2, 0) is 11.3 Å². The van der Waals surface area contributed by atoms with Crippen LogP contribution in [0.15, 0.2) is 36.7 Å². The third-order valence-electron chi connectivity index (χ3n) is 3.78. The Bertz CT molecular complexity index is 665. The Hall–Kier alpha value is -2.50. The van der Waals surface area contributed by atoms with Gasteiger partial charge in [-0.2, -0.15) is 0 Å². The summed E-state index contributed by atoms with van der Waals surface area (Å²) >= 11 is 0. The van der Waals surface area contributed by atoms with E-state index in [9.17, 15) is 4.79 Å². The lowest BCUT2D eigenvalue weighted by Gasteiger charge is -2.10. The third kappa shape index (κ3) is 4.25. The van der Waals surface area contributed by atoms with Gasteiger partial charge in [-0.05, 0) is 25.0 Å². The van der Waals surface area contributed by atoms with Crippen LogP contribution < -0.4 is 14.8 Å². The van der Waals surface area contributed by atoms with Crippen molar-refractivity contribution in [2.45, 2.75) is 25.3 Å². The number of carbonyl (C=O) groups excluding carboxylic acids is 1. The molecule has 23 heavy (non-hydrogen) atoms. The van der Waals surface area contributed by atoms with Crippen molar-refractivity contribution in [2.75, 3.05) is 20.3 Å². The van der Waals surface area contributed by atoms with Crippen molar-refractivity contribution in [3.63, 3.8) is 0 Å². The molecule has 3 rings (SSSR count). The highest BCUT2D eigenvalue weighted by Crippen LogP contribution is 2.38. The van der Waals surface area contributed by atoms with E-state index in [0.29, 0.717) is 24.0 Å². The van der Waals surface area contributed by atoms with E-state index >= 15 is 0 Å². The summed E-state index contributed by atoms with van der Waals surface area (Å²) in [4.78, 5) is 16.2. The van der Waals surface area contributed by atoms with Crippen LogP contribution in [0.25, 0.3) is 0 Å². The lowest BCUT2D eigenvalue weighted by molar-refractivity contribution is -0.123. The summed E-state index contributed by atoms with van der Waals surface area (Å²) in [7, 11) is 1.60. The number of nitrogens with one attached hydrogen (secondary N) is 1. The standard InChI is InChI=1S/C17H21N3O3/c1-22-14-3-2-4-15(11-14)23-12-16(21)18-7-9-20-10-8-19-17(20)13-5-6-13/h2-4,8,10-11,13H,5-7,9,12H2,1H3,(H,18,21). The molecular weight excluding hydrogens is 294 g/mol. The van der Waals surface area contributed by atoms with Crippen LogP contribution in [0, 0.1) is 0 Å². The molecule has 1 saturated carbocycles. The lowest BCUT2D eigenvalue weighted by atomic mass is 10.3. The van der Waals surface area contributed by atoms with Gasteiger partial charge in [0, 0.05) is 37.5 Å². The molecule has 0 radical (unpaired) electrons. The van der Waals surface area contributed by atoms with Gasteiger partial charge in [0.2, 0.25) is 0 Å². The summed E-state index contributed by atoms with van der Waals surface area (Å²) in [6, 6.07) is 7.20. The smallest absolute Gasteiger partial charge is 0.258 e. The number of nitrogens with zero attached hydrogens (tertiary/aromatic N) is 2. The van der Waals surface area contributed by atoms with Gasteiger partial charge in [0.25, 0.3) is 5.91 Å². The van der Waals surface area contributed by atoms with E-state index in [1.807, 2.05) is 24.5 Å². The molecular formula is C17H21N3O3. The molecule has 0 spiro atoms. The average Bonchev–Trinajstić information content (AvgIpc) is 3.32. The minimum Gasteiger partial charge on any atom is -0.497 e. The minimum absolute atomic E-state index is 0.00736. The first-order valence-corrected chi connectivity index (χ1v) is 7.81. The molecule has 1 aliphatic carbocycles. The van der Waals surface area contributed by atoms with Gasteiger partial charge in [-0.25, -0.2) is 4.98 Å². The third-order valence-corrected chi connectivity index (χ3v) is 3.78. The normalized spacial score (nSPS) is 13.6. The van der Waals surface area contributed by atoms with Crippen LogP contribution in [0.5, 0.6) is 11.5 Å². The van der Waals surface area contributed by atoms with Crippen molar-refractivity contribution in [1.82, 2.24) is 14.9 Å². The number of rotatable bonds is 8. The molecule has 6 heteroatoms. The van der Waals surface area contributed by atoms with E-state index in [1.165, 1.54) is 12.8 Å². The first-order chi connectivity index (χ1) is 11.3. The van der Waals surface area contributed by atoms with Gasteiger partial charge in [-0.15, -0.1) is 0 Å². The molecule has 0 saturated heterocycles. The molecule has 1 aromatic heterocycles. The van der Waals surface area contributed by atoms with Crippen molar-refractivity contribution in [1.29, 1.82) is 0 Å². The zero-order chi connectivity index (χ0) is 16.1. The molecule has 0 bridgehead atoms. The van der Waals surface area contributed by atoms with Crippen LogP contribution in [0.2, 0.25) is 0 Å². The molecule has 1 N–H and O–H groups in total. The van der Waals surface area contributed by atoms with Crippen molar-refractivity contribution >= 4 is 5.91 Å². The number of benzene rings is 1.